The zero-order valence-electron chi connectivity index (χ0n) is 11.4. The van der Waals surface area contributed by atoms with Gasteiger partial charge in [-0.05, 0) is 49.8 Å². The van der Waals surface area contributed by atoms with Gasteiger partial charge < -0.3 is 11.1 Å². The van der Waals surface area contributed by atoms with E-state index in [0.29, 0.717) is 6.04 Å². The van der Waals surface area contributed by atoms with E-state index in [9.17, 15) is 0 Å². The smallest absolute Gasteiger partial charge is 0.0378 e. The normalized spacial score (nSPS) is 18.1. The topological polar surface area (TPSA) is 50.9 Å². The highest BCUT2D eigenvalue weighted by Gasteiger charge is 2.25. The molecule has 1 saturated carbocycles. The molecule has 1 unspecified atom stereocenters. The first-order chi connectivity index (χ1) is 8.81. The van der Waals surface area contributed by atoms with E-state index < -0.39 is 0 Å². The molecular weight excluding hydrogens is 222 g/mol. The molecule has 1 aromatic rings. The van der Waals surface area contributed by atoms with Crippen molar-refractivity contribution in [2.45, 2.75) is 51.5 Å². The maximum atomic E-state index is 6.03. The Balaban J connectivity index is 2.02. The first-order valence-electron chi connectivity index (χ1n) is 7.23. The summed E-state index contributed by atoms with van der Waals surface area (Å²) >= 11 is 0. The minimum absolute atomic E-state index is 0.568. The molecule has 0 radical (unpaired) electrons. The van der Waals surface area contributed by atoms with Crippen LogP contribution in [0, 0.1) is 5.92 Å². The van der Waals surface area contributed by atoms with Crippen LogP contribution in [0.4, 0.5) is 5.69 Å². The lowest BCUT2D eigenvalue weighted by molar-refractivity contribution is 0.356. The van der Waals surface area contributed by atoms with Crippen molar-refractivity contribution in [3.8, 4) is 0 Å². The van der Waals surface area contributed by atoms with E-state index in [-0.39, 0.29) is 0 Å². The molecule has 1 heterocycles. The molecule has 0 saturated heterocycles. The highest BCUT2D eigenvalue weighted by Crippen LogP contribution is 2.29. The lowest BCUT2D eigenvalue weighted by Crippen LogP contribution is -2.37. The van der Waals surface area contributed by atoms with Gasteiger partial charge in [-0.25, -0.2) is 0 Å². The van der Waals surface area contributed by atoms with Gasteiger partial charge in [-0.15, -0.1) is 0 Å². The van der Waals surface area contributed by atoms with E-state index in [4.69, 9.17) is 5.73 Å². The number of nitrogen functional groups attached to an aromatic ring is 1. The van der Waals surface area contributed by atoms with Crippen LogP contribution in [0.2, 0.25) is 0 Å². The van der Waals surface area contributed by atoms with Gasteiger partial charge in [-0.2, -0.15) is 0 Å². The van der Waals surface area contributed by atoms with Crippen LogP contribution in [0.25, 0.3) is 0 Å². The van der Waals surface area contributed by atoms with Crippen LogP contribution < -0.4 is 11.1 Å². The molecule has 1 aromatic heterocycles. The third-order valence-corrected chi connectivity index (χ3v) is 4.01. The van der Waals surface area contributed by atoms with Crippen molar-refractivity contribution in [3.63, 3.8) is 0 Å². The van der Waals surface area contributed by atoms with Gasteiger partial charge in [-0.1, -0.05) is 19.8 Å². The molecule has 3 N–H and O–H groups in total. The van der Waals surface area contributed by atoms with Crippen LogP contribution >= 0.6 is 0 Å². The molecule has 100 valence electrons. The first-order valence-corrected chi connectivity index (χ1v) is 7.23. The van der Waals surface area contributed by atoms with Gasteiger partial charge in [0.05, 0.1) is 0 Å². The van der Waals surface area contributed by atoms with Gasteiger partial charge in [0.25, 0.3) is 0 Å². The number of hydrogen-bond acceptors (Lipinski definition) is 3. The summed E-state index contributed by atoms with van der Waals surface area (Å²) in [4.78, 5) is 4.20. The summed E-state index contributed by atoms with van der Waals surface area (Å²) in [6, 6.07) is 2.47. The highest BCUT2D eigenvalue weighted by molar-refractivity contribution is 5.44. The minimum atomic E-state index is 0.568. The van der Waals surface area contributed by atoms with Gasteiger partial charge in [0, 0.05) is 24.1 Å². The lowest BCUT2D eigenvalue weighted by Gasteiger charge is -2.25. The van der Waals surface area contributed by atoms with E-state index in [2.05, 4.69) is 17.2 Å². The molecule has 18 heavy (non-hydrogen) atoms. The molecule has 2 rings (SSSR count). The van der Waals surface area contributed by atoms with Crippen LogP contribution in [0.5, 0.6) is 0 Å². The number of nitrogens with one attached hydrogen (secondary N) is 1. The molecule has 0 aromatic carbocycles. The van der Waals surface area contributed by atoms with E-state index >= 15 is 0 Å². The predicted molar refractivity (Wildman–Crippen MR) is 76.4 cm³/mol. The quantitative estimate of drug-likeness (QED) is 0.812. The molecule has 1 aliphatic carbocycles. The average molecular weight is 247 g/mol. The van der Waals surface area contributed by atoms with E-state index in [1.165, 1.54) is 37.7 Å². The Morgan fingerprint density at radius 3 is 2.89 bits per heavy atom. The first kappa shape index (κ1) is 13.3. The summed E-state index contributed by atoms with van der Waals surface area (Å²) in [5.41, 5.74) is 8.10. The van der Waals surface area contributed by atoms with Crippen LogP contribution in [0.15, 0.2) is 18.5 Å². The maximum absolute atomic E-state index is 6.03. The van der Waals surface area contributed by atoms with Crippen molar-refractivity contribution in [1.29, 1.82) is 0 Å². The number of aromatic nitrogens is 1. The molecule has 1 fully saturated rings. The summed E-state index contributed by atoms with van der Waals surface area (Å²) in [5.74, 6) is 0.816. The molecule has 0 spiro atoms. The van der Waals surface area contributed by atoms with Crippen molar-refractivity contribution < 1.29 is 0 Å². The molecule has 3 nitrogen and oxygen atoms in total. The Bertz CT molecular complexity index is 359. The fourth-order valence-electron chi connectivity index (χ4n) is 2.94. The van der Waals surface area contributed by atoms with Crippen LogP contribution in [0.3, 0.4) is 0 Å². The van der Waals surface area contributed by atoms with E-state index in [1.54, 1.807) is 6.20 Å². The van der Waals surface area contributed by atoms with Crippen LogP contribution in [-0.4, -0.2) is 17.6 Å². The second kappa shape index (κ2) is 6.74. The molecular formula is C15H25N3. The number of nitrogens with two attached hydrogens (primary N) is 1. The average Bonchev–Trinajstić information content (AvgIpc) is 2.90. The number of rotatable bonds is 6. The Morgan fingerprint density at radius 1 is 1.44 bits per heavy atom. The fourth-order valence-corrected chi connectivity index (χ4v) is 2.94. The Labute approximate surface area is 110 Å². The lowest BCUT2D eigenvalue weighted by atomic mass is 9.92. The number of hydrogen-bond donors (Lipinski definition) is 2. The van der Waals surface area contributed by atoms with Gasteiger partial charge in [0.15, 0.2) is 0 Å². The Hall–Kier alpha value is -1.09. The molecule has 0 bridgehead atoms. The number of pyridine rings is 1. The zero-order valence-corrected chi connectivity index (χ0v) is 11.4. The fraction of sp³-hybridized carbons (Fsp3) is 0.667. The third kappa shape index (κ3) is 3.45. The summed E-state index contributed by atoms with van der Waals surface area (Å²) in [5, 5.41) is 3.70. The SMILES string of the molecule is CCCNC(Cc1cnccc1N)C1CCCC1. The molecule has 0 aliphatic heterocycles. The maximum Gasteiger partial charge on any atom is 0.0378 e. The van der Waals surface area contributed by atoms with Crippen LogP contribution in [-0.2, 0) is 6.42 Å². The van der Waals surface area contributed by atoms with E-state index in [0.717, 1.165) is 24.6 Å². The predicted octanol–water partition coefficient (Wildman–Crippen LogP) is 2.76. The third-order valence-electron chi connectivity index (χ3n) is 4.01. The van der Waals surface area contributed by atoms with Crippen molar-refractivity contribution in [3.05, 3.63) is 24.0 Å². The van der Waals surface area contributed by atoms with E-state index in [1.807, 2.05) is 12.3 Å². The summed E-state index contributed by atoms with van der Waals surface area (Å²) < 4.78 is 0. The van der Waals surface area contributed by atoms with Crippen molar-refractivity contribution >= 4 is 5.69 Å². The standard InChI is InChI=1S/C15H25N3/c1-2-8-18-15(12-5-3-4-6-12)10-13-11-17-9-7-14(13)16/h7,9,11-12,15,18H,2-6,8,10H2,1H3,(H2,16,17). The van der Waals surface area contributed by atoms with Crippen molar-refractivity contribution in [2.75, 3.05) is 12.3 Å². The van der Waals surface area contributed by atoms with Crippen LogP contribution in [0.1, 0.15) is 44.6 Å². The van der Waals surface area contributed by atoms with Gasteiger partial charge >= 0.3 is 0 Å². The molecule has 1 atom stereocenters. The second-order valence-electron chi connectivity index (χ2n) is 5.38. The molecule has 3 heteroatoms. The Morgan fingerprint density at radius 2 is 2.22 bits per heavy atom. The van der Waals surface area contributed by atoms with Crippen molar-refractivity contribution in [2.24, 2.45) is 5.92 Å². The van der Waals surface area contributed by atoms with Gasteiger partial charge in [-0.3, -0.25) is 4.98 Å². The Kier molecular flexibility index (Phi) is 5.00. The molecule has 1 aliphatic rings. The largest absolute Gasteiger partial charge is 0.398 e. The summed E-state index contributed by atoms with van der Waals surface area (Å²) in [7, 11) is 0. The number of nitrogens with zero attached hydrogens (tertiary/aromatic N) is 1. The monoisotopic (exact) mass is 247 g/mol. The highest BCUT2D eigenvalue weighted by atomic mass is 14.9. The minimum Gasteiger partial charge on any atom is -0.398 e. The summed E-state index contributed by atoms with van der Waals surface area (Å²) in [6.07, 6.45) is 11.4. The second-order valence-corrected chi connectivity index (χ2v) is 5.38. The molecule has 0 amide bonds. The van der Waals surface area contributed by atoms with Gasteiger partial charge in [0.1, 0.15) is 0 Å². The zero-order chi connectivity index (χ0) is 12.8. The summed E-state index contributed by atoms with van der Waals surface area (Å²) in [6.45, 7) is 3.32. The van der Waals surface area contributed by atoms with Crippen molar-refractivity contribution in [1.82, 2.24) is 10.3 Å². The van der Waals surface area contributed by atoms with Gasteiger partial charge in [0.2, 0.25) is 0 Å². The number of anilines is 1.